The van der Waals surface area contributed by atoms with Gasteiger partial charge in [0.1, 0.15) is 12.6 Å². The van der Waals surface area contributed by atoms with Crippen LogP contribution in [0, 0.1) is 0 Å². The molecule has 0 bridgehead atoms. The number of esters is 1. The average molecular weight is 114 g/mol. The second-order valence-electron chi connectivity index (χ2n) is 1.87. The lowest BCUT2D eigenvalue weighted by atomic mass is 10.7. The largest absolute Gasteiger partial charge is 0.461 e. The summed E-state index contributed by atoms with van der Waals surface area (Å²) in [7, 11) is 0. The molecule has 0 unspecified atom stereocenters. The second kappa shape index (κ2) is 2.13. The van der Waals surface area contributed by atoms with Gasteiger partial charge in [-0.15, -0.1) is 0 Å². The smallest absolute Gasteiger partial charge is 0.321 e. The number of rotatable bonds is 2. The van der Waals surface area contributed by atoms with E-state index in [1.54, 1.807) is 0 Å². The number of hydrogen-bond donors (Lipinski definition) is 0. The molecule has 0 aromatic rings. The van der Waals surface area contributed by atoms with E-state index >= 15 is 0 Å². The van der Waals surface area contributed by atoms with Crippen LogP contribution in [-0.2, 0) is 9.53 Å². The summed E-state index contributed by atoms with van der Waals surface area (Å²) in [5.41, 5.74) is 6.56. The summed E-state index contributed by atoms with van der Waals surface area (Å²) in [6, 6.07) is 0. The molecule has 3 nitrogen and oxygen atoms in total. The van der Waals surface area contributed by atoms with E-state index in [0.29, 0.717) is 0 Å². The van der Waals surface area contributed by atoms with Gasteiger partial charge >= 0.3 is 5.97 Å². The molecule has 0 atom stereocenters. The van der Waals surface area contributed by atoms with Gasteiger partial charge in [-0.25, -0.2) is 5.73 Å². The Morgan fingerprint density at radius 2 is 2.38 bits per heavy atom. The van der Waals surface area contributed by atoms with E-state index in [1.165, 1.54) is 0 Å². The first-order chi connectivity index (χ1) is 3.83. The van der Waals surface area contributed by atoms with Crippen LogP contribution in [0.1, 0.15) is 12.8 Å². The molecule has 3 heteroatoms. The third-order valence-corrected chi connectivity index (χ3v) is 0.967. The molecule has 1 saturated carbocycles. The zero-order valence-corrected chi connectivity index (χ0v) is 4.52. The molecule has 0 aliphatic heterocycles. The quantitative estimate of drug-likeness (QED) is 0.473. The highest BCUT2D eigenvalue weighted by atomic mass is 16.5. The summed E-state index contributed by atoms with van der Waals surface area (Å²) >= 11 is 0. The molecule has 1 rings (SSSR count). The van der Waals surface area contributed by atoms with Crippen LogP contribution in [0.3, 0.4) is 0 Å². The molecular weight excluding hydrogens is 106 g/mol. The van der Waals surface area contributed by atoms with Crippen LogP contribution in [0.4, 0.5) is 0 Å². The molecule has 0 amide bonds. The molecule has 1 radical (unpaired) electrons. The molecule has 1 N–H and O–H groups in total. The molecule has 0 aromatic carbocycles. The molecule has 0 saturated heterocycles. The van der Waals surface area contributed by atoms with Gasteiger partial charge in [-0.2, -0.15) is 0 Å². The van der Waals surface area contributed by atoms with Crippen molar-refractivity contribution in [3.8, 4) is 0 Å². The van der Waals surface area contributed by atoms with Crippen molar-refractivity contribution in [1.29, 1.82) is 0 Å². The maximum Gasteiger partial charge on any atom is 0.321 e. The normalized spacial score (nSPS) is 18.1. The Bertz CT molecular complexity index is 98.6. The van der Waals surface area contributed by atoms with E-state index in [9.17, 15) is 4.79 Å². The van der Waals surface area contributed by atoms with Gasteiger partial charge in [-0.05, 0) is 12.8 Å². The molecular formula is C5H8NO2. The predicted octanol–water partition coefficient (Wildman–Crippen LogP) is -0.0251. The predicted molar refractivity (Wildman–Crippen MR) is 27.1 cm³/mol. The van der Waals surface area contributed by atoms with E-state index in [2.05, 4.69) is 4.74 Å². The van der Waals surface area contributed by atoms with Crippen molar-refractivity contribution in [3.05, 3.63) is 0 Å². The minimum Gasteiger partial charge on any atom is -0.461 e. The standard InChI is InChI=1S/C5H8NO2/c6-3-5(7)8-4-1-2-4/h4,6H,1-3H2. The van der Waals surface area contributed by atoms with Gasteiger partial charge in [0, 0.05) is 0 Å². The van der Waals surface area contributed by atoms with Crippen LogP contribution in [0.5, 0.6) is 0 Å². The molecule has 0 heterocycles. The van der Waals surface area contributed by atoms with E-state index in [-0.39, 0.29) is 12.6 Å². The van der Waals surface area contributed by atoms with Gasteiger partial charge in [0.2, 0.25) is 0 Å². The average Bonchev–Trinajstić information content (AvgIpc) is 2.50. The third-order valence-electron chi connectivity index (χ3n) is 0.967. The topological polar surface area (TPSA) is 50.1 Å². The number of carbonyl (C=O) groups is 1. The summed E-state index contributed by atoms with van der Waals surface area (Å²) in [6.07, 6.45) is 2.14. The maximum absolute atomic E-state index is 10.3. The Morgan fingerprint density at radius 3 is 2.75 bits per heavy atom. The van der Waals surface area contributed by atoms with Crippen LogP contribution < -0.4 is 5.73 Å². The lowest BCUT2D eigenvalue weighted by molar-refractivity contribution is -0.143. The minimum atomic E-state index is -0.396. The van der Waals surface area contributed by atoms with Gasteiger partial charge in [-0.3, -0.25) is 4.79 Å². The molecule has 0 aromatic heterocycles. The first kappa shape index (κ1) is 5.56. The lowest BCUT2D eigenvalue weighted by Crippen LogP contribution is -2.10. The first-order valence-corrected chi connectivity index (χ1v) is 2.67. The van der Waals surface area contributed by atoms with Crippen molar-refractivity contribution in [3.63, 3.8) is 0 Å². The maximum atomic E-state index is 10.3. The zero-order chi connectivity index (χ0) is 5.98. The van der Waals surface area contributed by atoms with Crippen molar-refractivity contribution in [2.45, 2.75) is 18.9 Å². The zero-order valence-electron chi connectivity index (χ0n) is 4.52. The Morgan fingerprint density at radius 1 is 1.75 bits per heavy atom. The lowest BCUT2D eigenvalue weighted by Gasteiger charge is -1.95. The Hall–Kier alpha value is -0.570. The van der Waals surface area contributed by atoms with E-state index < -0.39 is 5.97 Å². The highest BCUT2D eigenvalue weighted by molar-refractivity contribution is 5.71. The fraction of sp³-hybridized carbons (Fsp3) is 0.800. The second-order valence-corrected chi connectivity index (χ2v) is 1.87. The van der Waals surface area contributed by atoms with Crippen molar-refractivity contribution >= 4 is 5.97 Å². The summed E-state index contributed by atoms with van der Waals surface area (Å²) < 4.78 is 4.68. The van der Waals surface area contributed by atoms with Crippen LogP contribution in [0.25, 0.3) is 0 Å². The number of carbonyl (C=O) groups excluding carboxylic acids is 1. The molecule has 1 fully saturated rings. The SMILES string of the molecule is [NH]CC(=O)OC1CC1. The van der Waals surface area contributed by atoms with E-state index in [1.807, 2.05) is 0 Å². The van der Waals surface area contributed by atoms with E-state index in [0.717, 1.165) is 12.8 Å². The van der Waals surface area contributed by atoms with Crippen LogP contribution >= 0.6 is 0 Å². The van der Waals surface area contributed by atoms with Crippen molar-refractivity contribution in [2.75, 3.05) is 6.54 Å². The molecule has 0 spiro atoms. The van der Waals surface area contributed by atoms with Gasteiger partial charge in [0.25, 0.3) is 0 Å². The van der Waals surface area contributed by atoms with Crippen molar-refractivity contribution < 1.29 is 9.53 Å². The first-order valence-electron chi connectivity index (χ1n) is 2.67. The van der Waals surface area contributed by atoms with Crippen LogP contribution in [0.15, 0.2) is 0 Å². The Balaban J connectivity index is 2.07. The molecule has 1 aliphatic carbocycles. The monoisotopic (exact) mass is 114 g/mol. The Labute approximate surface area is 47.8 Å². The minimum absolute atomic E-state index is 0.160. The number of ether oxygens (including phenoxy) is 1. The summed E-state index contributed by atoms with van der Waals surface area (Å²) in [5, 5.41) is 0. The van der Waals surface area contributed by atoms with Crippen LogP contribution in [0.2, 0.25) is 0 Å². The summed E-state index contributed by atoms with van der Waals surface area (Å²) in [4.78, 5) is 10.3. The van der Waals surface area contributed by atoms with Crippen LogP contribution in [-0.4, -0.2) is 18.6 Å². The fourth-order valence-electron chi connectivity index (χ4n) is 0.413. The highest BCUT2D eigenvalue weighted by Crippen LogP contribution is 2.23. The van der Waals surface area contributed by atoms with E-state index in [4.69, 9.17) is 5.73 Å². The van der Waals surface area contributed by atoms with Crippen molar-refractivity contribution in [1.82, 2.24) is 5.73 Å². The Kier molecular flexibility index (Phi) is 1.48. The number of nitrogens with one attached hydrogen (secondary N) is 1. The third kappa shape index (κ3) is 1.50. The number of hydrogen-bond acceptors (Lipinski definition) is 2. The molecule has 1 aliphatic rings. The van der Waals surface area contributed by atoms with Gasteiger partial charge < -0.3 is 4.74 Å². The van der Waals surface area contributed by atoms with Crippen molar-refractivity contribution in [2.24, 2.45) is 0 Å². The highest BCUT2D eigenvalue weighted by Gasteiger charge is 2.25. The van der Waals surface area contributed by atoms with Gasteiger partial charge in [0.05, 0.1) is 0 Å². The summed E-state index contributed by atoms with van der Waals surface area (Å²) in [5.74, 6) is -0.396. The van der Waals surface area contributed by atoms with Gasteiger partial charge in [-0.1, -0.05) is 0 Å². The molecule has 45 valence electrons. The fourth-order valence-corrected chi connectivity index (χ4v) is 0.413. The molecule has 8 heavy (non-hydrogen) atoms. The van der Waals surface area contributed by atoms with Gasteiger partial charge in [0.15, 0.2) is 0 Å². The summed E-state index contributed by atoms with van der Waals surface area (Å²) in [6.45, 7) is -0.240.